The molecule has 6 nitrogen and oxygen atoms in total. The fraction of sp³-hybridized carbons (Fsp3) is 0.471. The summed E-state index contributed by atoms with van der Waals surface area (Å²) in [6.07, 6.45) is 0.892. The van der Waals surface area contributed by atoms with E-state index in [1.807, 2.05) is 39.8 Å². The molecular weight excluding hydrogens is 294 g/mol. The van der Waals surface area contributed by atoms with Gasteiger partial charge in [-0.2, -0.15) is 4.98 Å². The van der Waals surface area contributed by atoms with E-state index in [9.17, 15) is 4.79 Å². The Hall–Kier alpha value is -2.37. The average Bonchev–Trinajstić information content (AvgIpc) is 3.03. The van der Waals surface area contributed by atoms with E-state index >= 15 is 0 Å². The van der Waals surface area contributed by atoms with Crippen LogP contribution in [0, 0.1) is 0 Å². The van der Waals surface area contributed by atoms with Crippen molar-refractivity contribution in [3.05, 3.63) is 30.1 Å². The lowest BCUT2D eigenvalue weighted by Gasteiger charge is -2.12. The Kier molecular flexibility index (Phi) is 5.73. The standard InChI is InChI=1S/C17H23N3O3/c1-5-12(4)18-15(21)10-22-14-8-6-13(7-9-14)17-19-16(11(2)3)20-23-17/h6-9,11-12H,5,10H2,1-4H3,(H,18,21). The van der Waals surface area contributed by atoms with Crippen LogP contribution in [-0.4, -0.2) is 28.7 Å². The third kappa shape index (κ3) is 4.81. The fourth-order valence-corrected chi connectivity index (χ4v) is 1.85. The van der Waals surface area contributed by atoms with E-state index in [4.69, 9.17) is 9.26 Å². The molecule has 1 aromatic carbocycles. The zero-order chi connectivity index (χ0) is 16.8. The first kappa shape index (κ1) is 17.0. The SMILES string of the molecule is CCC(C)NC(=O)COc1ccc(-c2nc(C(C)C)no2)cc1. The van der Waals surface area contributed by atoms with Crippen molar-refractivity contribution in [3.63, 3.8) is 0 Å². The van der Waals surface area contributed by atoms with Crippen LogP contribution in [0.2, 0.25) is 0 Å². The number of carbonyl (C=O) groups excluding carboxylic acids is 1. The fourth-order valence-electron chi connectivity index (χ4n) is 1.85. The Morgan fingerprint density at radius 1 is 1.26 bits per heavy atom. The maximum Gasteiger partial charge on any atom is 0.258 e. The second-order valence-corrected chi connectivity index (χ2v) is 5.80. The number of carbonyl (C=O) groups is 1. The molecule has 2 rings (SSSR count). The van der Waals surface area contributed by atoms with Crippen LogP contribution in [0.5, 0.6) is 5.75 Å². The van der Waals surface area contributed by atoms with E-state index in [2.05, 4.69) is 15.5 Å². The normalized spacial score (nSPS) is 12.2. The zero-order valence-electron chi connectivity index (χ0n) is 14.0. The molecule has 2 aromatic rings. The van der Waals surface area contributed by atoms with Gasteiger partial charge in [0.25, 0.3) is 11.8 Å². The van der Waals surface area contributed by atoms with Crippen LogP contribution in [0.3, 0.4) is 0 Å². The molecule has 1 N–H and O–H groups in total. The molecule has 1 aromatic heterocycles. The van der Waals surface area contributed by atoms with Gasteiger partial charge in [0.15, 0.2) is 12.4 Å². The Morgan fingerprint density at radius 3 is 2.52 bits per heavy atom. The van der Waals surface area contributed by atoms with E-state index in [1.54, 1.807) is 12.1 Å². The van der Waals surface area contributed by atoms with Gasteiger partial charge in [0, 0.05) is 17.5 Å². The lowest BCUT2D eigenvalue weighted by molar-refractivity contribution is -0.123. The van der Waals surface area contributed by atoms with Crippen molar-refractivity contribution < 1.29 is 14.1 Å². The summed E-state index contributed by atoms with van der Waals surface area (Å²) >= 11 is 0. The molecule has 0 aliphatic rings. The molecule has 124 valence electrons. The zero-order valence-corrected chi connectivity index (χ0v) is 14.0. The first-order chi connectivity index (χ1) is 11.0. The van der Waals surface area contributed by atoms with Gasteiger partial charge in [0.1, 0.15) is 5.75 Å². The van der Waals surface area contributed by atoms with Crippen LogP contribution >= 0.6 is 0 Å². The number of rotatable bonds is 7. The van der Waals surface area contributed by atoms with Gasteiger partial charge in [-0.15, -0.1) is 0 Å². The highest BCUT2D eigenvalue weighted by Gasteiger charge is 2.12. The monoisotopic (exact) mass is 317 g/mol. The molecule has 1 unspecified atom stereocenters. The largest absolute Gasteiger partial charge is 0.484 e. The van der Waals surface area contributed by atoms with Crippen LogP contribution in [0.4, 0.5) is 0 Å². The number of ether oxygens (including phenoxy) is 1. The van der Waals surface area contributed by atoms with Gasteiger partial charge in [-0.05, 0) is 37.6 Å². The summed E-state index contributed by atoms with van der Waals surface area (Å²) in [5.74, 6) is 1.88. The van der Waals surface area contributed by atoms with Gasteiger partial charge < -0.3 is 14.6 Å². The van der Waals surface area contributed by atoms with Crippen LogP contribution in [0.15, 0.2) is 28.8 Å². The molecule has 0 aliphatic carbocycles. The molecular formula is C17H23N3O3. The summed E-state index contributed by atoms with van der Waals surface area (Å²) in [6.45, 7) is 8.00. The molecule has 0 aliphatic heterocycles. The number of hydrogen-bond acceptors (Lipinski definition) is 5. The maximum absolute atomic E-state index is 11.7. The minimum Gasteiger partial charge on any atom is -0.484 e. The third-order valence-corrected chi connectivity index (χ3v) is 3.45. The highest BCUT2D eigenvalue weighted by Crippen LogP contribution is 2.22. The summed E-state index contributed by atoms with van der Waals surface area (Å²) in [6, 6.07) is 7.39. The predicted molar refractivity (Wildman–Crippen MR) is 87.2 cm³/mol. The molecule has 1 atom stereocenters. The minimum atomic E-state index is -0.123. The number of hydrogen-bond donors (Lipinski definition) is 1. The van der Waals surface area contributed by atoms with Crippen molar-refractivity contribution in [2.24, 2.45) is 0 Å². The summed E-state index contributed by atoms with van der Waals surface area (Å²) < 4.78 is 10.7. The lowest BCUT2D eigenvalue weighted by Crippen LogP contribution is -2.35. The Bertz CT molecular complexity index is 635. The molecule has 6 heteroatoms. The summed E-state index contributed by atoms with van der Waals surface area (Å²) in [4.78, 5) is 16.0. The van der Waals surface area contributed by atoms with Crippen LogP contribution < -0.4 is 10.1 Å². The van der Waals surface area contributed by atoms with Crippen molar-refractivity contribution in [3.8, 4) is 17.2 Å². The number of aromatic nitrogens is 2. The van der Waals surface area contributed by atoms with Gasteiger partial charge in [-0.25, -0.2) is 0 Å². The molecule has 23 heavy (non-hydrogen) atoms. The predicted octanol–water partition coefficient (Wildman–Crippen LogP) is 3.15. The van der Waals surface area contributed by atoms with Crippen LogP contribution in [0.25, 0.3) is 11.5 Å². The highest BCUT2D eigenvalue weighted by molar-refractivity contribution is 5.77. The molecule has 0 spiro atoms. The first-order valence-electron chi connectivity index (χ1n) is 7.85. The van der Waals surface area contributed by atoms with E-state index in [0.29, 0.717) is 17.5 Å². The Labute approximate surface area is 136 Å². The van der Waals surface area contributed by atoms with Crippen molar-refractivity contribution in [2.45, 2.75) is 46.1 Å². The topological polar surface area (TPSA) is 77.2 Å². The van der Waals surface area contributed by atoms with Crippen molar-refractivity contribution >= 4 is 5.91 Å². The van der Waals surface area contributed by atoms with Crippen molar-refractivity contribution in [1.82, 2.24) is 15.5 Å². The molecule has 0 fully saturated rings. The summed E-state index contributed by atoms with van der Waals surface area (Å²) in [7, 11) is 0. The van der Waals surface area contributed by atoms with Gasteiger partial charge in [0.2, 0.25) is 0 Å². The first-order valence-corrected chi connectivity index (χ1v) is 7.85. The minimum absolute atomic E-state index is 0.00173. The number of nitrogens with one attached hydrogen (secondary N) is 1. The van der Waals surface area contributed by atoms with E-state index in [1.165, 1.54) is 0 Å². The average molecular weight is 317 g/mol. The van der Waals surface area contributed by atoms with Gasteiger partial charge >= 0.3 is 0 Å². The van der Waals surface area contributed by atoms with Crippen LogP contribution in [-0.2, 0) is 4.79 Å². The quantitative estimate of drug-likeness (QED) is 0.849. The summed E-state index contributed by atoms with van der Waals surface area (Å²) in [5.41, 5.74) is 0.820. The lowest BCUT2D eigenvalue weighted by atomic mass is 10.2. The van der Waals surface area contributed by atoms with Gasteiger partial charge in [0.05, 0.1) is 0 Å². The second-order valence-electron chi connectivity index (χ2n) is 5.80. The van der Waals surface area contributed by atoms with E-state index < -0.39 is 0 Å². The molecule has 0 saturated carbocycles. The summed E-state index contributed by atoms with van der Waals surface area (Å²) in [5, 5.41) is 6.79. The second kappa shape index (κ2) is 7.76. The van der Waals surface area contributed by atoms with E-state index in [0.717, 1.165) is 12.0 Å². The molecule has 1 amide bonds. The van der Waals surface area contributed by atoms with Crippen molar-refractivity contribution in [1.29, 1.82) is 0 Å². The maximum atomic E-state index is 11.7. The number of nitrogens with zero attached hydrogens (tertiary/aromatic N) is 2. The van der Waals surface area contributed by atoms with E-state index in [-0.39, 0.29) is 24.5 Å². The molecule has 0 bridgehead atoms. The van der Waals surface area contributed by atoms with Crippen molar-refractivity contribution in [2.75, 3.05) is 6.61 Å². The number of benzene rings is 1. The Balaban J connectivity index is 1.92. The number of amides is 1. The molecule has 1 heterocycles. The third-order valence-electron chi connectivity index (χ3n) is 3.45. The van der Waals surface area contributed by atoms with Gasteiger partial charge in [-0.1, -0.05) is 25.9 Å². The molecule has 0 radical (unpaired) electrons. The Morgan fingerprint density at radius 2 is 1.96 bits per heavy atom. The van der Waals surface area contributed by atoms with Gasteiger partial charge in [-0.3, -0.25) is 4.79 Å². The smallest absolute Gasteiger partial charge is 0.258 e. The molecule has 0 saturated heterocycles. The van der Waals surface area contributed by atoms with Crippen LogP contribution in [0.1, 0.15) is 45.9 Å². The highest BCUT2D eigenvalue weighted by atomic mass is 16.5.